The van der Waals surface area contributed by atoms with Gasteiger partial charge in [-0.3, -0.25) is 9.36 Å². The summed E-state index contributed by atoms with van der Waals surface area (Å²) in [7, 11) is 3.24. The van der Waals surface area contributed by atoms with Crippen molar-refractivity contribution in [2.24, 2.45) is 0 Å². The molecule has 0 atom stereocenters. The molecule has 0 saturated carbocycles. The van der Waals surface area contributed by atoms with Gasteiger partial charge in [-0.05, 0) is 43.4 Å². The number of aromatic nitrogens is 2. The van der Waals surface area contributed by atoms with Gasteiger partial charge in [0.1, 0.15) is 5.82 Å². The maximum absolute atomic E-state index is 12.7. The van der Waals surface area contributed by atoms with Crippen LogP contribution < -0.4 is 25.8 Å². The molecule has 1 aromatic heterocycles. The highest BCUT2D eigenvalue weighted by atomic mass is 16.5. The Morgan fingerprint density at radius 2 is 1.69 bits per heavy atom. The molecule has 0 spiro atoms. The molecule has 8 heteroatoms. The highest BCUT2D eigenvalue weighted by Gasteiger charge is 2.21. The molecule has 192 valence electrons. The van der Waals surface area contributed by atoms with Crippen molar-refractivity contribution in [2.45, 2.75) is 77.7 Å². The Bertz CT molecular complexity index is 1030. The number of ether oxygens (including phenoxy) is 2. The Hall–Kier alpha value is -3.03. The minimum atomic E-state index is -0.240. The third-order valence-electron chi connectivity index (χ3n) is 6.49. The number of unbranched alkanes of at least 4 members (excludes halogenated alkanes) is 6. The third kappa shape index (κ3) is 7.47. The summed E-state index contributed by atoms with van der Waals surface area (Å²) in [6, 6.07) is 5.87. The van der Waals surface area contributed by atoms with E-state index in [4.69, 9.17) is 9.47 Å². The van der Waals surface area contributed by atoms with Gasteiger partial charge in [0.05, 0.1) is 19.9 Å². The summed E-state index contributed by atoms with van der Waals surface area (Å²) in [5, 5.41) is 6.33. The molecule has 0 fully saturated rings. The first-order valence-electron chi connectivity index (χ1n) is 12.9. The summed E-state index contributed by atoms with van der Waals surface area (Å²) in [5.74, 6) is 2.11. The summed E-state index contributed by atoms with van der Waals surface area (Å²) in [6.45, 7) is 4.27. The Kier molecular flexibility index (Phi) is 10.4. The van der Waals surface area contributed by atoms with Crippen molar-refractivity contribution in [1.82, 2.24) is 14.9 Å². The lowest BCUT2D eigenvalue weighted by Crippen LogP contribution is -2.29. The Balaban J connectivity index is 1.45. The van der Waals surface area contributed by atoms with Crippen molar-refractivity contribution in [2.75, 3.05) is 32.6 Å². The predicted molar refractivity (Wildman–Crippen MR) is 139 cm³/mol. The van der Waals surface area contributed by atoms with E-state index < -0.39 is 0 Å². The number of nitrogens with one attached hydrogen (secondary N) is 2. The van der Waals surface area contributed by atoms with Crippen molar-refractivity contribution in [1.29, 1.82) is 0 Å². The number of anilines is 1. The molecule has 0 unspecified atom stereocenters. The minimum absolute atomic E-state index is 0.171. The van der Waals surface area contributed by atoms with Gasteiger partial charge in [-0.2, -0.15) is 4.98 Å². The first-order chi connectivity index (χ1) is 17.1. The normalized spacial score (nSPS) is 12.0. The molecule has 3 rings (SSSR count). The van der Waals surface area contributed by atoms with Crippen LogP contribution in [0, 0.1) is 0 Å². The number of rotatable bonds is 15. The van der Waals surface area contributed by atoms with E-state index in [1.807, 2.05) is 18.2 Å². The maximum atomic E-state index is 12.7. The van der Waals surface area contributed by atoms with Gasteiger partial charge in [0.15, 0.2) is 11.5 Å². The second kappa shape index (κ2) is 13.8. The number of fused-ring (bicyclic) bond motifs is 3. The maximum Gasteiger partial charge on any atom is 0.349 e. The topological polar surface area (TPSA) is 94.5 Å². The van der Waals surface area contributed by atoms with E-state index in [1.165, 1.54) is 12.8 Å². The van der Waals surface area contributed by atoms with Gasteiger partial charge in [0.25, 0.3) is 0 Å². The Labute approximate surface area is 208 Å². The first kappa shape index (κ1) is 26.6. The number of methoxy groups -OCH3 is 2. The summed E-state index contributed by atoms with van der Waals surface area (Å²) in [6.07, 6.45) is 9.99. The van der Waals surface area contributed by atoms with Crippen LogP contribution in [0.5, 0.6) is 11.5 Å². The molecular weight excluding hydrogens is 444 g/mol. The van der Waals surface area contributed by atoms with Crippen LogP contribution in [-0.4, -0.2) is 42.8 Å². The van der Waals surface area contributed by atoms with Crippen molar-refractivity contribution >= 4 is 11.7 Å². The zero-order chi connectivity index (χ0) is 25.0. The molecule has 0 radical (unpaired) electrons. The largest absolute Gasteiger partial charge is 0.493 e. The molecule has 1 aliphatic rings. The predicted octanol–water partition coefficient (Wildman–Crippen LogP) is 4.54. The van der Waals surface area contributed by atoms with Gasteiger partial charge in [-0.15, -0.1) is 0 Å². The van der Waals surface area contributed by atoms with Crippen LogP contribution >= 0.6 is 0 Å². The molecule has 0 aliphatic carbocycles. The van der Waals surface area contributed by atoms with Gasteiger partial charge in [0.2, 0.25) is 5.91 Å². The van der Waals surface area contributed by atoms with Crippen LogP contribution in [0.25, 0.3) is 11.3 Å². The molecule has 0 bridgehead atoms. The number of hydrogen-bond acceptors (Lipinski definition) is 6. The minimum Gasteiger partial charge on any atom is -0.493 e. The average molecular weight is 485 g/mol. The average Bonchev–Trinajstić information content (AvgIpc) is 2.87. The van der Waals surface area contributed by atoms with Gasteiger partial charge >= 0.3 is 5.69 Å². The van der Waals surface area contributed by atoms with Crippen molar-refractivity contribution in [3.05, 3.63) is 34.2 Å². The zero-order valence-electron chi connectivity index (χ0n) is 21.5. The van der Waals surface area contributed by atoms with Crippen molar-refractivity contribution in [3.8, 4) is 22.8 Å². The fraction of sp³-hybridized carbons (Fsp3) is 0.593. The quantitative estimate of drug-likeness (QED) is 0.360. The van der Waals surface area contributed by atoms with Crippen molar-refractivity contribution < 1.29 is 14.3 Å². The lowest BCUT2D eigenvalue weighted by molar-refractivity contribution is -0.121. The third-order valence-corrected chi connectivity index (χ3v) is 6.49. The first-order valence-corrected chi connectivity index (χ1v) is 12.9. The lowest BCUT2D eigenvalue weighted by atomic mass is 9.97. The van der Waals surface area contributed by atoms with E-state index in [9.17, 15) is 9.59 Å². The van der Waals surface area contributed by atoms with E-state index in [-0.39, 0.29) is 11.6 Å². The summed E-state index contributed by atoms with van der Waals surface area (Å²) >= 11 is 0. The number of aryl methyl sites for hydroxylation is 1. The molecule has 2 N–H and O–H groups in total. The highest BCUT2D eigenvalue weighted by Crippen LogP contribution is 2.38. The van der Waals surface area contributed by atoms with Crippen LogP contribution in [0.3, 0.4) is 0 Å². The fourth-order valence-electron chi connectivity index (χ4n) is 4.48. The van der Waals surface area contributed by atoms with E-state index in [2.05, 4.69) is 22.5 Å². The molecule has 0 saturated heterocycles. The lowest BCUT2D eigenvalue weighted by Gasteiger charge is -2.23. The van der Waals surface area contributed by atoms with E-state index in [0.717, 1.165) is 74.9 Å². The monoisotopic (exact) mass is 484 g/mol. The molecule has 1 aromatic carbocycles. The number of carbonyl (C=O) groups is 1. The number of nitrogens with zero attached hydrogens (tertiary/aromatic N) is 2. The second-order valence-electron chi connectivity index (χ2n) is 9.08. The van der Waals surface area contributed by atoms with E-state index >= 15 is 0 Å². The van der Waals surface area contributed by atoms with E-state index in [1.54, 1.807) is 18.8 Å². The van der Waals surface area contributed by atoms with Crippen LogP contribution in [0.15, 0.2) is 23.0 Å². The number of amides is 1. The molecular formula is C27H40N4O4. The van der Waals surface area contributed by atoms with Gasteiger partial charge in [-0.25, -0.2) is 4.79 Å². The molecule has 1 aliphatic heterocycles. The molecule has 8 nitrogen and oxygen atoms in total. The van der Waals surface area contributed by atoms with Gasteiger partial charge < -0.3 is 20.1 Å². The molecule has 35 heavy (non-hydrogen) atoms. The van der Waals surface area contributed by atoms with Crippen molar-refractivity contribution in [3.63, 3.8) is 0 Å². The molecule has 1 amide bonds. The smallest absolute Gasteiger partial charge is 0.349 e. The van der Waals surface area contributed by atoms with Crippen LogP contribution in [0.4, 0.5) is 5.82 Å². The van der Waals surface area contributed by atoms with Gasteiger partial charge in [-0.1, -0.05) is 39.0 Å². The summed E-state index contributed by atoms with van der Waals surface area (Å²) in [5.41, 5.74) is 2.71. The fourth-order valence-corrected chi connectivity index (χ4v) is 4.48. The SMILES string of the molecule is CCCCCCC(=O)NCCCCCCNc1cc2n(c(=O)n1)CCc1cc(OC)c(OC)cc1-2. The summed E-state index contributed by atoms with van der Waals surface area (Å²) in [4.78, 5) is 28.7. The van der Waals surface area contributed by atoms with E-state index in [0.29, 0.717) is 30.3 Å². The number of hydrogen-bond donors (Lipinski definition) is 2. The standard InChI is InChI=1S/C27H40N4O4/c1-4-5-6-9-12-26(32)29-15-11-8-7-10-14-28-25-19-22-21-18-24(35-3)23(34-2)17-20(21)13-16-31(22)27(33)30-25/h17-19H,4-16H2,1-3H3,(H,29,32)(H,28,30,33). The number of carbonyl (C=O) groups excluding carboxylic acids is 1. The molecule has 2 aromatic rings. The Morgan fingerprint density at radius 1 is 0.971 bits per heavy atom. The Morgan fingerprint density at radius 3 is 2.43 bits per heavy atom. The number of benzene rings is 1. The highest BCUT2D eigenvalue weighted by molar-refractivity contribution is 5.75. The van der Waals surface area contributed by atoms with Crippen LogP contribution in [0.2, 0.25) is 0 Å². The van der Waals surface area contributed by atoms with Crippen LogP contribution in [0.1, 0.15) is 70.3 Å². The second-order valence-corrected chi connectivity index (χ2v) is 9.08. The molecule has 2 heterocycles. The van der Waals surface area contributed by atoms with Crippen LogP contribution in [-0.2, 0) is 17.8 Å². The van der Waals surface area contributed by atoms with Gasteiger partial charge in [0, 0.05) is 37.7 Å². The zero-order valence-corrected chi connectivity index (χ0v) is 21.5. The summed E-state index contributed by atoms with van der Waals surface area (Å²) < 4.78 is 12.6.